The Balaban J connectivity index is 1.71. The summed E-state index contributed by atoms with van der Waals surface area (Å²) in [6, 6.07) is 16.7. The topological polar surface area (TPSA) is 68.9 Å². The zero-order chi connectivity index (χ0) is 16.5. The van der Waals surface area contributed by atoms with Crippen LogP contribution in [0.3, 0.4) is 0 Å². The number of aromatic nitrogens is 2. The van der Waals surface area contributed by atoms with Crippen LogP contribution in [0.5, 0.6) is 0 Å². The van der Waals surface area contributed by atoms with Gasteiger partial charge < -0.3 is 0 Å². The molecular formula is C18H11N3O2S. The zero-order valence-corrected chi connectivity index (χ0v) is 13.2. The molecule has 116 valence electrons. The number of hydrogen-bond donors (Lipinski definition) is 0. The largest absolute Gasteiger partial charge is 0.270 e. The molecule has 0 saturated heterocycles. The van der Waals surface area contributed by atoms with E-state index in [1.807, 2.05) is 42.6 Å². The van der Waals surface area contributed by atoms with Crippen molar-refractivity contribution in [2.75, 3.05) is 0 Å². The molecule has 0 radical (unpaired) electrons. The van der Waals surface area contributed by atoms with Gasteiger partial charge in [-0.25, -0.2) is 4.98 Å². The Morgan fingerprint density at radius 1 is 0.958 bits per heavy atom. The Hall–Kier alpha value is -3.12. The van der Waals surface area contributed by atoms with E-state index < -0.39 is 0 Å². The van der Waals surface area contributed by atoms with Crippen LogP contribution in [0.4, 0.5) is 5.69 Å². The van der Waals surface area contributed by atoms with Gasteiger partial charge in [-0.15, -0.1) is 11.3 Å². The van der Waals surface area contributed by atoms with Crippen LogP contribution in [-0.4, -0.2) is 14.9 Å². The summed E-state index contributed by atoms with van der Waals surface area (Å²) in [5.74, 6) is 0. The first-order chi connectivity index (χ1) is 11.7. The first kappa shape index (κ1) is 14.5. The number of fused-ring (bicyclic) bond motifs is 1. The van der Waals surface area contributed by atoms with Crippen molar-refractivity contribution >= 4 is 27.2 Å². The molecule has 0 amide bonds. The van der Waals surface area contributed by atoms with Crippen LogP contribution in [0.1, 0.15) is 0 Å². The third kappa shape index (κ3) is 2.63. The molecule has 4 rings (SSSR count). The van der Waals surface area contributed by atoms with Crippen LogP contribution < -0.4 is 0 Å². The van der Waals surface area contributed by atoms with E-state index in [1.165, 1.54) is 17.4 Å². The molecule has 0 fully saturated rings. The van der Waals surface area contributed by atoms with Gasteiger partial charge in [0.25, 0.3) is 5.69 Å². The van der Waals surface area contributed by atoms with Crippen LogP contribution >= 0.6 is 11.3 Å². The van der Waals surface area contributed by atoms with Gasteiger partial charge in [-0.2, -0.15) is 0 Å². The van der Waals surface area contributed by atoms with Gasteiger partial charge in [-0.05, 0) is 23.3 Å². The van der Waals surface area contributed by atoms with E-state index in [1.54, 1.807) is 18.3 Å². The van der Waals surface area contributed by atoms with Crippen LogP contribution in [0.2, 0.25) is 0 Å². The van der Waals surface area contributed by atoms with Gasteiger partial charge in [0.05, 0.1) is 15.1 Å². The number of benzene rings is 2. The van der Waals surface area contributed by atoms with E-state index in [0.717, 1.165) is 31.9 Å². The van der Waals surface area contributed by atoms with Gasteiger partial charge >= 0.3 is 0 Å². The van der Waals surface area contributed by atoms with E-state index in [9.17, 15) is 10.1 Å². The quantitative estimate of drug-likeness (QED) is 0.393. The van der Waals surface area contributed by atoms with Crippen molar-refractivity contribution < 1.29 is 4.92 Å². The van der Waals surface area contributed by atoms with E-state index in [0.29, 0.717) is 0 Å². The molecule has 0 atom stereocenters. The highest BCUT2D eigenvalue weighted by Gasteiger charge is 2.11. The molecule has 0 spiro atoms. The maximum absolute atomic E-state index is 10.9. The number of pyridine rings is 1. The molecule has 24 heavy (non-hydrogen) atoms. The summed E-state index contributed by atoms with van der Waals surface area (Å²) in [5.41, 5.74) is 4.00. The molecule has 0 unspecified atom stereocenters. The highest BCUT2D eigenvalue weighted by molar-refractivity contribution is 7.21. The second-order valence-electron chi connectivity index (χ2n) is 5.25. The van der Waals surface area contributed by atoms with Gasteiger partial charge in [0.1, 0.15) is 5.01 Å². The maximum Gasteiger partial charge on any atom is 0.270 e. The van der Waals surface area contributed by atoms with E-state index in [2.05, 4.69) is 9.97 Å². The monoisotopic (exact) mass is 333 g/mol. The average molecular weight is 333 g/mol. The summed E-state index contributed by atoms with van der Waals surface area (Å²) >= 11 is 1.46. The Morgan fingerprint density at radius 3 is 2.46 bits per heavy atom. The fourth-order valence-electron chi connectivity index (χ4n) is 2.49. The summed E-state index contributed by atoms with van der Waals surface area (Å²) in [5, 5.41) is 11.7. The third-order valence-corrected chi connectivity index (χ3v) is 4.78. The molecule has 0 saturated carbocycles. The SMILES string of the molecule is O=[N+]([O-])c1ccc2nc(-c3ccc(-c4cccnc4)cc3)sc2c1. The molecular weight excluding hydrogens is 322 g/mol. The van der Waals surface area contributed by atoms with Crippen molar-refractivity contribution in [1.29, 1.82) is 0 Å². The van der Waals surface area contributed by atoms with Crippen LogP contribution in [0.15, 0.2) is 67.0 Å². The molecule has 6 heteroatoms. The van der Waals surface area contributed by atoms with Crippen molar-refractivity contribution in [3.05, 3.63) is 77.1 Å². The number of non-ortho nitro benzene ring substituents is 1. The molecule has 2 heterocycles. The molecule has 0 bridgehead atoms. The minimum Gasteiger partial charge on any atom is -0.264 e. The van der Waals surface area contributed by atoms with Crippen LogP contribution in [0.25, 0.3) is 31.9 Å². The zero-order valence-electron chi connectivity index (χ0n) is 12.4. The molecule has 5 nitrogen and oxygen atoms in total. The lowest BCUT2D eigenvalue weighted by molar-refractivity contribution is -0.384. The number of nitro benzene ring substituents is 1. The lowest BCUT2D eigenvalue weighted by Gasteiger charge is -2.02. The fourth-order valence-corrected chi connectivity index (χ4v) is 3.49. The number of thiazole rings is 1. The van der Waals surface area contributed by atoms with Crippen molar-refractivity contribution in [3.8, 4) is 21.7 Å². The highest BCUT2D eigenvalue weighted by Crippen LogP contribution is 2.33. The number of hydrogen-bond acceptors (Lipinski definition) is 5. The Labute approximate surface area is 141 Å². The summed E-state index contributed by atoms with van der Waals surface area (Å²) in [7, 11) is 0. The summed E-state index contributed by atoms with van der Waals surface area (Å²) < 4.78 is 0.815. The maximum atomic E-state index is 10.9. The van der Waals surface area contributed by atoms with Crippen molar-refractivity contribution in [3.63, 3.8) is 0 Å². The second kappa shape index (κ2) is 5.82. The first-order valence-electron chi connectivity index (χ1n) is 7.26. The van der Waals surface area contributed by atoms with Crippen molar-refractivity contribution in [2.24, 2.45) is 0 Å². The highest BCUT2D eigenvalue weighted by atomic mass is 32.1. The molecule has 2 aromatic carbocycles. The minimum absolute atomic E-state index is 0.0876. The normalized spacial score (nSPS) is 10.8. The van der Waals surface area contributed by atoms with E-state index in [4.69, 9.17) is 0 Å². The van der Waals surface area contributed by atoms with Gasteiger partial charge in [-0.1, -0.05) is 30.3 Å². The van der Waals surface area contributed by atoms with E-state index >= 15 is 0 Å². The van der Waals surface area contributed by atoms with Crippen LogP contribution in [-0.2, 0) is 0 Å². The molecule has 2 aromatic heterocycles. The second-order valence-corrected chi connectivity index (χ2v) is 6.28. The van der Waals surface area contributed by atoms with Crippen molar-refractivity contribution in [1.82, 2.24) is 9.97 Å². The fraction of sp³-hybridized carbons (Fsp3) is 0. The number of rotatable bonds is 3. The molecule has 0 aliphatic rings. The third-order valence-electron chi connectivity index (χ3n) is 3.71. The molecule has 0 aliphatic heterocycles. The predicted molar refractivity (Wildman–Crippen MR) is 94.9 cm³/mol. The van der Waals surface area contributed by atoms with Gasteiger partial charge in [0, 0.05) is 30.1 Å². The lowest BCUT2D eigenvalue weighted by atomic mass is 10.1. The van der Waals surface area contributed by atoms with Gasteiger partial charge in [-0.3, -0.25) is 15.1 Å². The minimum atomic E-state index is -0.387. The Kier molecular flexibility index (Phi) is 3.51. The summed E-state index contributed by atoms with van der Waals surface area (Å²) in [4.78, 5) is 19.2. The number of nitrogens with zero attached hydrogens (tertiary/aromatic N) is 3. The average Bonchev–Trinajstić information content (AvgIpc) is 3.06. The predicted octanol–water partition coefficient (Wildman–Crippen LogP) is 4.93. The molecule has 0 N–H and O–H groups in total. The summed E-state index contributed by atoms with van der Waals surface area (Å²) in [6.07, 6.45) is 3.57. The molecule has 4 aromatic rings. The Morgan fingerprint density at radius 2 is 1.75 bits per heavy atom. The summed E-state index contributed by atoms with van der Waals surface area (Å²) in [6.45, 7) is 0. The van der Waals surface area contributed by atoms with Gasteiger partial charge in [0.2, 0.25) is 0 Å². The molecule has 0 aliphatic carbocycles. The lowest BCUT2D eigenvalue weighted by Crippen LogP contribution is -1.85. The number of nitro groups is 1. The standard InChI is InChI=1S/C18H11N3O2S/c22-21(23)15-7-8-16-17(10-15)24-18(20-16)13-5-3-12(4-6-13)14-2-1-9-19-11-14/h1-11H. The Bertz CT molecular complexity index is 1030. The van der Waals surface area contributed by atoms with Crippen molar-refractivity contribution in [2.45, 2.75) is 0 Å². The van der Waals surface area contributed by atoms with Gasteiger partial charge in [0.15, 0.2) is 0 Å². The van der Waals surface area contributed by atoms with E-state index in [-0.39, 0.29) is 10.6 Å². The van der Waals surface area contributed by atoms with Crippen LogP contribution in [0, 0.1) is 10.1 Å². The smallest absolute Gasteiger partial charge is 0.264 e. The first-order valence-corrected chi connectivity index (χ1v) is 8.08.